The number of nitrogens with two attached hydrogens (primary N) is 1. The molecule has 2 rings (SSSR count). The first-order valence-electron chi connectivity index (χ1n) is 5.30. The van der Waals surface area contributed by atoms with Crippen molar-refractivity contribution in [3.8, 4) is 11.5 Å². The molecule has 0 spiro atoms. The molecule has 0 radical (unpaired) electrons. The molecule has 2 aromatic carbocycles. The SMILES string of the molecule is Cc1cccc(Oc2ccccc2C(N)=S)c1. The van der Waals surface area contributed by atoms with Gasteiger partial charge >= 0.3 is 0 Å². The fourth-order valence-electron chi connectivity index (χ4n) is 1.57. The molecular weight excluding hydrogens is 230 g/mol. The zero-order valence-corrected chi connectivity index (χ0v) is 10.3. The molecule has 0 aliphatic heterocycles. The fourth-order valence-corrected chi connectivity index (χ4v) is 1.73. The molecule has 0 bridgehead atoms. The summed E-state index contributed by atoms with van der Waals surface area (Å²) < 4.78 is 5.78. The van der Waals surface area contributed by atoms with Crippen molar-refractivity contribution in [2.24, 2.45) is 5.73 Å². The number of benzene rings is 2. The number of para-hydroxylation sites is 1. The maximum absolute atomic E-state index is 5.78. The quantitative estimate of drug-likeness (QED) is 0.839. The van der Waals surface area contributed by atoms with Crippen LogP contribution in [0.2, 0.25) is 0 Å². The number of hydrogen-bond acceptors (Lipinski definition) is 2. The second kappa shape index (κ2) is 4.97. The van der Waals surface area contributed by atoms with Crippen LogP contribution < -0.4 is 10.5 Å². The lowest BCUT2D eigenvalue weighted by Crippen LogP contribution is -2.10. The molecular formula is C14H13NOS. The maximum atomic E-state index is 5.78. The summed E-state index contributed by atoms with van der Waals surface area (Å²) in [6.45, 7) is 2.02. The number of aryl methyl sites for hydroxylation is 1. The number of thiocarbonyl (C=S) groups is 1. The van der Waals surface area contributed by atoms with Crippen LogP contribution in [0.25, 0.3) is 0 Å². The third-order valence-corrected chi connectivity index (χ3v) is 2.59. The highest BCUT2D eigenvalue weighted by Gasteiger charge is 2.06. The largest absolute Gasteiger partial charge is 0.457 e. The molecule has 0 fully saturated rings. The van der Waals surface area contributed by atoms with Crippen LogP contribution in [0, 0.1) is 6.92 Å². The Morgan fingerprint density at radius 3 is 2.59 bits per heavy atom. The van der Waals surface area contributed by atoms with Gasteiger partial charge in [-0.2, -0.15) is 0 Å². The first-order chi connectivity index (χ1) is 8.16. The molecule has 0 saturated heterocycles. The zero-order chi connectivity index (χ0) is 12.3. The van der Waals surface area contributed by atoms with Gasteiger partial charge in [0.05, 0.1) is 5.56 Å². The minimum Gasteiger partial charge on any atom is -0.457 e. The van der Waals surface area contributed by atoms with Gasteiger partial charge in [-0.15, -0.1) is 0 Å². The molecule has 3 heteroatoms. The molecule has 2 N–H and O–H groups in total. The lowest BCUT2D eigenvalue weighted by atomic mass is 10.2. The van der Waals surface area contributed by atoms with Crippen LogP contribution in [0.1, 0.15) is 11.1 Å². The Morgan fingerprint density at radius 2 is 1.88 bits per heavy atom. The summed E-state index contributed by atoms with van der Waals surface area (Å²) in [6, 6.07) is 15.3. The molecule has 0 atom stereocenters. The zero-order valence-electron chi connectivity index (χ0n) is 9.51. The summed E-state index contributed by atoms with van der Waals surface area (Å²) in [7, 11) is 0. The van der Waals surface area contributed by atoms with E-state index in [1.54, 1.807) is 0 Å². The summed E-state index contributed by atoms with van der Waals surface area (Å²) in [5.74, 6) is 1.47. The Balaban J connectivity index is 2.33. The summed E-state index contributed by atoms with van der Waals surface area (Å²) in [4.78, 5) is 0.341. The highest BCUT2D eigenvalue weighted by atomic mass is 32.1. The topological polar surface area (TPSA) is 35.2 Å². The van der Waals surface area contributed by atoms with Crippen LogP contribution in [-0.2, 0) is 0 Å². The molecule has 2 aromatic rings. The molecule has 0 heterocycles. The van der Waals surface area contributed by atoms with Crippen LogP contribution in [0.3, 0.4) is 0 Å². The van der Waals surface area contributed by atoms with E-state index in [0.717, 1.165) is 16.9 Å². The predicted molar refractivity (Wildman–Crippen MR) is 73.6 cm³/mol. The van der Waals surface area contributed by atoms with E-state index in [4.69, 9.17) is 22.7 Å². The van der Waals surface area contributed by atoms with Gasteiger partial charge in [0.25, 0.3) is 0 Å². The third-order valence-electron chi connectivity index (χ3n) is 2.37. The Hall–Kier alpha value is -1.87. The van der Waals surface area contributed by atoms with E-state index >= 15 is 0 Å². The van der Waals surface area contributed by atoms with Crippen molar-refractivity contribution in [3.63, 3.8) is 0 Å². The second-order valence-corrected chi connectivity index (χ2v) is 4.22. The highest BCUT2D eigenvalue weighted by Crippen LogP contribution is 2.25. The normalized spacial score (nSPS) is 9.94. The molecule has 0 aliphatic carbocycles. The minimum atomic E-state index is 0.341. The van der Waals surface area contributed by atoms with Crippen molar-refractivity contribution in [2.45, 2.75) is 6.92 Å². The van der Waals surface area contributed by atoms with Gasteiger partial charge < -0.3 is 10.5 Å². The van der Waals surface area contributed by atoms with Crippen LogP contribution in [-0.4, -0.2) is 4.99 Å². The molecule has 0 aromatic heterocycles. The van der Waals surface area contributed by atoms with Crippen molar-refractivity contribution < 1.29 is 4.74 Å². The van der Waals surface area contributed by atoms with Crippen molar-refractivity contribution in [3.05, 3.63) is 59.7 Å². The van der Waals surface area contributed by atoms with Crippen LogP contribution >= 0.6 is 12.2 Å². The summed E-state index contributed by atoms with van der Waals surface area (Å²) in [6.07, 6.45) is 0. The molecule has 2 nitrogen and oxygen atoms in total. The molecule has 0 unspecified atom stereocenters. The van der Waals surface area contributed by atoms with Gasteiger partial charge in [0.1, 0.15) is 16.5 Å². The van der Waals surface area contributed by atoms with E-state index in [-0.39, 0.29) is 0 Å². The molecule has 0 amide bonds. The maximum Gasteiger partial charge on any atom is 0.137 e. The van der Waals surface area contributed by atoms with Gasteiger partial charge in [-0.1, -0.05) is 36.5 Å². The third kappa shape index (κ3) is 2.82. The second-order valence-electron chi connectivity index (χ2n) is 3.78. The smallest absolute Gasteiger partial charge is 0.137 e. The van der Waals surface area contributed by atoms with E-state index in [1.165, 1.54) is 0 Å². The van der Waals surface area contributed by atoms with Crippen LogP contribution in [0.15, 0.2) is 48.5 Å². The number of rotatable bonds is 3. The van der Waals surface area contributed by atoms with Gasteiger partial charge in [0.2, 0.25) is 0 Å². The Kier molecular flexibility index (Phi) is 3.40. The first-order valence-corrected chi connectivity index (χ1v) is 5.71. The van der Waals surface area contributed by atoms with Gasteiger partial charge in [-0.25, -0.2) is 0 Å². The van der Waals surface area contributed by atoms with Gasteiger partial charge in [0.15, 0.2) is 0 Å². The van der Waals surface area contributed by atoms with E-state index in [9.17, 15) is 0 Å². The predicted octanol–water partition coefficient (Wildman–Crippen LogP) is 3.42. The lowest BCUT2D eigenvalue weighted by molar-refractivity contribution is 0.481. The minimum absolute atomic E-state index is 0.341. The summed E-state index contributed by atoms with van der Waals surface area (Å²) in [5, 5.41) is 0. The van der Waals surface area contributed by atoms with Gasteiger partial charge in [0, 0.05) is 0 Å². The summed E-state index contributed by atoms with van der Waals surface area (Å²) in [5.41, 5.74) is 7.55. The van der Waals surface area contributed by atoms with E-state index in [2.05, 4.69) is 0 Å². The molecule has 0 saturated carbocycles. The standard InChI is InChI=1S/C14H13NOS/c1-10-5-4-6-11(9-10)16-13-8-3-2-7-12(13)14(15)17/h2-9H,1H3,(H2,15,17). The van der Waals surface area contributed by atoms with Crippen molar-refractivity contribution in [1.82, 2.24) is 0 Å². The highest BCUT2D eigenvalue weighted by molar-refractivity contribution is 7.80. The van der Waals surface area contributed by atoms with Crippen LogP contribution in [0.4, 0.5) is 0 Å². The summed E-state index contributed by atoms with van der Waals surface area (Å²) >= 11 is 4.99. The Bertz CT molecular complexity index is 551. The molecule has 0 aliphatic rings. The van der Waals surface area contributed by atoms with Gasteiger partial charge in [-0.3, -0.25) is 0 Å². The van der Waals surface area contributed by atoms with Crippen molar-refractivity contribution >= 4 is 17.2 Å². The molecule has 86 valence electrons. The van der Waals surface area contributed by atoms with Crippen molar-refractivity contribution in [1.29, 1.82) is 0 Å². The Morgan fingerprint density at radius 1 is 1.12 bits per heavy atom. The van der Waals surface area contributed by atoms with E-state index < -0.39 is 0 Å². The molecule has 17 heavy (non-hydrogen) atoms. The van der Waals surface area contributed by atoms with Crippen molar-refractivity contribution in [2.75, 3.05) is 0 Å². The van der Waals surface area contributed by atoms with Gasteiger partial charge in [-0.05, 0) is 36.8 Å². The average molecular weight is 243 g/mol. The number of hydrogen-bond donors (Lipinski definition) is 1. The first kappa shape index (κ1) is 11.6. The monoisotopic (exact) mass is 243 g/mol. The van der Waals surface area contributed by atoms with E-state index in [1.807, 2.05) is 55.5 Å². The Labute approximate surface area is 106 Å². The number of ether oxygens (including phenoxy) is 1. The van der Waals surface area contributed by atoms with E-state index in [0.29, 0.717) is 10.7 Å². The lowest BCUT2D eigenvalue weighted by Gasteiger charge is -2.10. The average Bonchev–Trinajstić information content (AvgIpc) is 2.29. The fraction of sp³-hybridized carbons (Fsp3) is 0.0714. The van der Waals surface area contributed by atoms with Crippen LogP contribution in [0.5, 0.6) is 11.5 Å².